The summed E-state index contributed by atoms with van der Waals surface area (Å²) in [6.07, 6.45) is 0. The molecule has 0 aliphatic rings. The quantitative estimate of drug-likeness (QED) is 0.842. The summed E-state index contributed by atoms with van der Waals surface area (Å²) in [7, 11) is -3.90. The van der Waals surface area contributed by atoms with Crippen LogP contribution in [0.2, 0.25) is 0 Å². The molecule has 0 aliphatic carbocycles. The monoisotopic (exact) mass is 313 g/mol. The molecule has 0 amide bonds. The number of hydrogen-bond donors (Lipinski definition) is 2. The first-order valence-electron chi connectivity index (χ1n) is 6.22. The van der Waals surface area contributed by atoms with E-state index in [4.69, 9.17) is 10.3 Å². The first-order valence-corrected chi connectivity index (χ1v) is 7.70. The van der Waals surface area contributed by atoms with Gasteiger partial charge in [0.25, 0.3) is 0 Å². The molecule has 8 heteroatoms. The number of nitrogen functional groups attached to an aromatic ring is 1. The molecule has 2 rings (SSSR count). The molecule has 1 atom stereocenters. The predicted molar refractivity (Wildman–Crippen MR) is 75.5 cm³/mol. The van der Waals surface area contributed by atoms with Crippen LogP contribution in [0.4, 0.5) is 10.1 Å². The van der Waals surface area contributed by atoms with E-state index in [2.05, 4.69) is 9.88 Å². The molecule has 1 unspecified atom stereocenters. The van der Waals surface area contributed by atoms with Crippen LogP contribution in [0.1, 0.15) is 30.0 Å². The number of nitrogens with two attached hydrogens (primary N) is 1. The molecule has 1 aromatic carbocycles. The highest BCUT2D eigenvalue weighted by Gasteiger charge is 2.23. The summed E-state index contributed by atoms with van der Waals surface area (Å²) >= 11 is 0. The van der Waals surface area contributed by atoms with E-state index >= 15 is 0 Å². The maximum atomic E-state index is 13.3. The number of sulfonamides is 1. The Labute approximate surface area is 122 Å². The van der Waals surface area contributed by atoms with E-state index in [1.807, 2.05) is 0 Å². The van der Waals surface area contributed by atoms with Crippen molar-refractivity contribution in [3.05, 3.63) is 41.0 Å². The molecule has 0 saturated carbocycles. The summed E-state index contributed by atoms with van der Waals surface area (Å²) in [5, 5.41) is 3.78. The molecular weight excluding hydrogens is 297 g/mol. The minimum atomic E-state index is -3.90. The average molecular weight is 313 g/mol. The van der Waals surface area contributed by atoms with Crippen LogP contribution in [0.15, 0.2) is 27.6 Å². The Hall–Kier alpha value is -1.93. The van der Waals surface area contributed by atoms with Gasteiger partial charge in [0, 0.05) is 17.3 Å². The van der Waals surface area contributed by atoms with Crippen LogP contribution < -0.4 is 10.5 Å². The number of nitrogens with zero attached hydrogens (tertiary/aromatic N) is 1. The van der Waals surface area contributed by atoms with Crippen LogP contribution >= 0.6 is 0 Å². The highest BCUT2D eigenvalue weighted by Crippen LogP contribution is 2.24. The van der Waals surface area contributed by atoms with E-state index in [0.29, 0.717) is 17.0 Å². The minimum absolute atomic E-state index is 0.0420. The van der Waals surface area contributed by atoms with Gasteiger partial charge in [0.15, 0.2) is 0 Å². The Morgan fingerprint density at radius 1 is 1.33 bits per heavy atom. The summed E-state index contributed by atoms with van der Waals surface area (Å²) < 4.78 is 45.3. The molecule has 21 heavy (non-hydrogen) atoms. The topological polar surface area (TPSA) is 98.2 Å². The molecule has 0 radical (unpaired) electrons. The van der Waals surface area contributed by atoms with Gasteiger partial charge in [0.1, 0.15) is 11.6 Å². The smallest absolute Gasteiger partial charge is 0.241 e. The van der Waals surface area contributed by atoms with Crippen LogP contribution in [0.5, 0.6) is 0 Å². The fourth-order valence-electron chi connectivity index (χ4n) is 2.21. The highest BCUT2D eigenvalue weighted by molar-refractivity contribution is 7.89. The highest BCUT2D eigenvalue weighted by atomic mass is 32.2. The number of rotatable bonds is 4. The van der Waals surface area contributed by atoms with Crippen LogP contribution in [-0.2, 0) is 10.0 Å². The number of benzene rings is 1. The van der Waals surface area contributed by atoms with Gasteiger partial charge < -0.3 is 10.3 Å². The molecule has 0 bridgehead atoms. The molecule has 114 valence electrons. The van der Waals surface area contributed by atoms with Crippen molar-refractivity contribution in [2.45, 2.75) is 31.7 Å². The van der Waals surface area contributed by atoms with Crippen molar-refractivity contribution < 1.29 is 17.3 Å². The van der Waals surface area contributed by atoms with E-state index in [0.717, 1.165) is 12.1 Å². The van der Waals surface area contributed by atoms with Crippen molar-refractivity contribution in [3.8, 4) is 0 Å². The third-order valence-electron chi connectivity index (χ3n) is 3.06. The van der Waals surface area contributed by atoms with E-state index in [1.165, 1.54) is 6.07 Å². The molecule has 6 nitrogen and oxygen atoms in total. The van der Waals surface area contributed by atoms with Crippen molar-refractivity contribution in [1.29, 1.82) is 0 Å². The molecule has 2 aromatic rings. The Morgan fingerprint density at radius 2 is 2.00 bits per heavy atom. The fraction of sp³-hybridized carbons (Fsp3) is 0.308. The third-order valence-corrected chi connectivity index (χ3v) is 4.58. The van der Waals surface area contributed by atoms with Gasteiger partial charge in [-0.2, -0.15) is 0 Å². The summed E-state index contributed by atoms with van der Waals surface area (Å²) in [4.78, 5) is -0.224. The van der Waals surface area contributed by atoms with Crippen LogP contribution in [-0.4, -0.2) is 13.6 Å². The number of aryl methyl sites for hydroxylation is 2. The molecule has 3 N–H and O–H groups in total. The summed E-state index contributed by atoms with van der Waals surface area (Å²) in [5.74, 6) is -0.179. The SMILES string of the molecule is Cc1noc(C)c1C(C)NS(=O)(=O)c1cc(N)cc(F)c1. The zero-order chi connectivity index (χ0) is 15.8. The summed E-state index contributed by atoms with van der Waals surface area (Å²) in [6.45, 7) is 5.07. The van der Waals surface area contributed by atoms with Crippen molar-refractivity contribution >= 4 is 15.7 Å². The maximum absolute atomic E-state index is 13.3. The number of nitrogens with one attached hydrogen (secondary N) is 1. The first-order chi connectivity index (χ1) is 9.70. The van der Waals surface area contributed by atoms with E-state index in [-0.39, 0.29) is 10.6 Å². The van der Waals surface area contributed by atoms with Crippen molar-refractivity contribution in [2.24, 2.45) is 0 Å². The average Bonchev–Trinajstić information content (AvgIpc) is 2.67. The zero-order valence-corrected chi connectivity index (χ0v) is 12.7. The lowest BCUT2D eigenvalue weighted by molar-refractivity contribution is 0.391. The fourth-order valence-corrected chi connectivity index (χ4v) is 3.49. The molecule has 0 spiro atoms. The van der Waals surface area contributed by atoms with Crippen LogP contribution in [0.25, 0.3) is 0 Å². The van der Waals surface area contributed by atoms with Gasteiger partial charge >= 0.3 is 0 Å². The Kier molecular flexibility index (Phi) is 4.02. The van der Waals surface area contributed by atoms with Gasteiger partial charge in [-0.25, -0.2) is 17.5 Å². The first kappa shape index (κ1) is 15.5. The lowest BCUT2D eigenvalue weighted by atomic mass is 10.1. The van der Waals surface area contributed by atoms with Crippen LogP contribution in [0.3, 0.4) is 0 Å². The van der Waals surface area contributed by atoms with E-state index in [9.17, 15) is 12.8 Å². The van der Waals surface area contributed by atoms with Gasteiger partial charge in [-0.3, -0.25) is 0 Å². The van der Waals surface area contributed by atoms with Gasteiger partial charge in [-0.1, -0.05) is 5.16 Å². The number of halogens is 1. The summed E-state index contributed by atoms with van der Waals surface area (Å²) in [5.41, 5.74) is 6.77. The maximum Gasteiger partial charge on any atom is 0.241 e. The second-order valence-corrected chi connectivity index (χ2v) is 6.52. The Bertz CT molecular complexity index is 731. The molecule has 1 heterocycles. The molecule has 1 aromatic heterocycles. The molecule has 0 saturated heterocycles. The minimum Gasteiger partial charge on any atom is -0.399 e. The number of aromatic nitrogens is 1. The van der Waals surface area contributed by atoms with Gasteiger partial charge in [0.05, 0.1) is 10.6 Å². The number of anilines is 1. The second-order valence-electron chi connectivity index (χ2n) is 4.80. The van der Waals surface area contributed by atoms with Crippen molar-refractivity contribution in [3.63, 3.8) is 0 Å². The third kappa shape index (κ3) is 3.22. The Morgan fingerprint density at radius 3 is 2.52 bits per heavy atom. The summed E-state index contributed by atoms with van der Waals surface area (Å²) in [6, 6.07) is 2.60. The van der Waals surface area contributed by atoms with Gasteiger partial charge in [-0.05, 0) is 39.0 Å². The van der Waals surface area contributed by atoms with Crippen molar-refractivity contribution in [1.82, 2.24) is 9.88 Å². The molecular formula is C13H16FN3O3S. The Balaban J connectivity index is 2.33. The zero-order valence-electron chi connectivity index (χ0n) is 11.8. The van der Waals surface area contributed by atoms with E-state index < -0.39 is 21.9 Å². The van der Waals surface area contributed by atoms with E-state index in [1.54, 1.807) is 20.8 Å². The van der Waals surface area contributed by atoms with Gasteiger partial charge in [0.2, 0.25) is 10.0 Å². The molecule has 0 aliphatic heterocycles. The predicted octanol–water partition coefficient (Wildman–Crippen LogP) is 2.05. The standard InChI is InChI=1S/C13H16FN3O3S/c1-7-13(9(3)20-16-7)8(2)17-21(18,19)12-5-10(14)4-11(15)6-12/h4-6,8,17H,15H2,1-3H3. The molecule has 0 fully saturated rings. The number of hydrogen-bond acceptors (Lipinski definition) is 5. The van der Waals surface area contributed by atoms with Crippen molar-refractivity contribution in [2.75, 3.05) is 5.73 Å². The normalized spacial score (nSPS) is 13.3. The second kappa shape index (κ2) is 5.45. The lowest BCUT2D eigenvalue weighted by Crippen LogP contribution is -2.27. The largest absolute Gasteiger partial charge is 0.399 e. The van der Waals surface area contributed by atoms with Crippen LogP contribution in [0, 0.1) is 19.7 Å². The lowest BCUT2D eigenvalue weighted by Gasteiger charge is -2.14. The van der Waals surface area contributed by atoms with Gasteiger partial charge in [-0.15, -0.1) is 0 Å².